The molecule has 2 heterocycles. The third-order valence-corrected chi connectivity index (χ3v) is 7.76. The van der Waals surface area contributed by atoms with E-state index in [2.05, 4.69) is 35.2 Å². The standard InChI is InChI=1S/C26H35F3N7O3S/c1-36-12-10-17(11-13-36)31-24(37)16-8-9-21(22(14-16)39-2)33-25-30-15-18(26(27,28)29)23(34-25)32-19-6-4-5-7-20(19)35-40(3)38/h8-9,14-15,17,19-20H,4-7,10-13H2,1-3H3,(H,31,37)(H2,30,32,33,34)/q-1/t19-,20-/m1/s1. The Morgan fingerprint density at radius 2 is 1.90 bits per heavy atom. The van der Waals surface area contributed by atoms with Gasteiger partial charge in [0.25, 0.3) is 5.91 Å². The smallest absolute Gasteiger partial charge is 0.421 e. The first-order chi connectivity index (χ1) is 19.0. The van der Waals surface area contributed by atoms with E-state index in [9.17, 15) is 22.2 Å². The van der Waals surface area contributed by atoms with Gasteiger partial charge in [-0.15, -0.1) is 6.26 Å². The van der Waals surface area contributed by atoms with Crippen LogP contribution in [0.25, 0.3) is 0 Å². The van der Waals surface area contributed by atoms with E-state index in [0.717, 1.165) is 45.0 Å². The lowest BCUT2D eigenvalue weighted by atomic mass is 9.91. The molecule has 0 radical (unpaired) electrons. The van der Waals surface area contributed by atoms with Gasteiger partial charge in [-0.3, -0.25) is 4.79 Å². The Kier molecular flexibility index (Phi) is 9.72. The molecule has 1 saturated carbocycles. The molecular weight excluding hydrogens is 547 g/mol. The lowest BCUT2D eigenvalue weighted by Crippen LogP contribution is -2.43. The summed E-state index contributed by atoms with van der Waals surface area (Å²) >= 11 is 0. The molecule has 0 bridgehead atoms. The minimum Gasteiger partial charge on any atom is -0.495 e. The normalized spacial score (nSPS) is 21.6. The number of halogens is 3. The molecule has 1 saturated heterocycles. The molecule has 1 amide bonds. The summed E-state index contributed by atoms with van der Waals surface area (Å²) in [6.07, 6.45) is 2.09. The molecule has 2 aliphatic rings. The van der Waals surface area contributed by atoms with Gasteiger partial charge in [0, 0.05) is 29.9 Å². The van der Waals surface area contributed by atoms with Crippen LogP contribution in [0.5, 0.6) is 5.75 Å². The molecule has 40 heavy (non-hydrogen) atoms. The number of likely N-dealkylation sites (tertiary alicyclic amines) is 1. The van der Waals surface area contributed by atoms with E-state index in [1.54, 1.807) is 18.2 Å². The second-order valence-corrected chi connectivity index (χ2v) is 11.2. The summed E-state index contributed by atoms with van der Waals surface area (Å²) < 4.78 is 62.8. The molecule has 0 spiro atoms. The molecule has 1 aliphatic heterocycles. The molecule has 1 aromatic heterocycles. The van der Waals surface area contributed by atoms with E-state index in [4.69, 9.17) is 4.74 Å². The zero-order chi connectivity index (χ0) is 28.9. The Morgan fingerprint density at radius 3 is 2.58 bits per heavy atom. The van der Waals surface area contributed by atoms with E-state index in [-0.39, 0.29) is 29.8 Å². The van der Waals surface area contributed by atoms with Crippen molar-refractivity contribution in [3.63, 3.8) is 0 Å². The molecule has 2 fully saturated rings. The number of nitrogens with one attached hydrogen (secondary N) is 3. The molecule has 220 valence electrons. The number of amides is 1. The Bertz CT molecular complexity index is 1280. The first-order valence-electron chi connectivity index (χ1n) is 13.2. The number of carbonyl (C=O) groups excluding carboxylic acids is 1. The van der Waals surface area contributed by atoms with Crippen molar-refractivity contribution in [2.75, 3.05) is 44.1 Å². The van der Waals surface area contributed by atoms with Crippen LogP contribution >= 0.6 is 0 Å². The van der Waals surface area contributed by atoms with Crippen LogP contribution in [0.3, 0.4) is 0 Å². The highest BCUT2D eigenvalue weighted by Crippen LogP contribution is 2.36. The van der Waals surface area contributed by atoms with Gasteiger partial charge < -0.3 is 34.2 Å². The van der Waals surface area contributed by atoms with Crippen molar-refractivity contribution in [1.29, 1.82) is 0 Å². The lowest BCUT2D eigenvalue weighted by Gasteiger charge is -2.32. The fraction of sp³-hybridized carbons (Fsp3) is 0.577. The number of carbonyl (C=O) groups is 1. The van der Waals surface area contributed by atoms with Crippen LogP contribution in [-0.4, -0.2) is 72.4 Å². The summed E-state index contributed by atoms with van der Waals surface area (Å²) in [5.74, 6) is -0.379. The number of rotatable bonds is 8. The van der Waals surface area contributed by atoms with E-state index in [1.807, 2.05) is 7.05 Å². The number of nitrogens with zero attached hydrogens (tertiary/aromatic N) is 4. The fourth-order valence-electron chi connectivity index (χ4n) is 5.01. The van der Waals surface area contributed by atoms with Crippen molar-refractivity contribution in [1.82, 2.24) is 20.2 Å². The summed E-state index contributed by atoms with van der Waals surface area (Å²) in [4.78, 5) is 23.1. The highest BCUT2D eigenvalue weighted by Gasteiger charge is 2.37. The third kappa shape index (κ3) is 7.74. The van der Waals surface area contributed by atoms with Crippen molar-refractivity contribution in [2.24, 2.45) is 4.36 Å². The maximum atomic E-state index is 13.8. The molecular formula is C26H35F3N7O3S-. The highest BCUT2D eigenvalue weighted by atomic mass is 32.2. The van der Waals surface area contributed by atoms with Crippen LogP contribution in [0.2, 0.25) is 0 Å². The van der Waals surface area contributed by atoms with Gasteiger partial charge in [-0.1, -0.05) is 12.8 Å². The van der Waals surface area contributed by atoms with Crippen molar-refractivity contribution < 1.29 is 26.9 Å². The largest absolute Gasteiger partial charge is 0.495 e. The second-order valence-electron chi connectivity index (χ2n) is 10.2. The van der Waals surface area contributed by atoms with Gasteiger partial charge in [-0.25, -0.2) is 4.98 Å². The number of ether oxygens (including phenoxy) is 1. The van der Waals surface area contributed by atoms with Gasteiger partial charge in [-0.2, -0.15) is 28.8 Å². The van der Waals surface area contributed by atoms with E-state index < -0.39 is 28.4 Å². The molecule has 0 unspecified atom stereocenters. The number of anilines is 3. The van der Waals surface area contributed by atoms with Crippen LogP contribution < -0.4 is 20.7 Å². The number of piperidine rings is 1. The van der Waals surface area contributed by atoms with Crippen molar-refractivity contribution in [3.05, 3.63) is 35.5 Å². The Hall–Kier alpha value is -3.13. The van der Waals surface area contributed by atoms with Crippen LogP contribution in [0, 0.1) is 0 Å². The topological polar surface area (TPSA) is 121 Å². The van der Waals surface area contributed by atoms with Gasteiger partial charge in [0.1, 0.15) is 17.1 Å². The van der Waals surface area contributed by atoms with Gasteiger partial charge in [-0.05, 0) is 64.0 Å². The summed E-state index contributed by atoms with van der Waals surface area (Å²) in [6, 6.07) is 4.03. The maximum Gasteiger partial charge on any atom is 0.421 e. The van der Waals surface area contributed by atoms with Crippen LogP contribution in [0.15, 0.2) is 28.8 Å². The number of alkyl halides is 3. The second kappa shape index (κ2) is 13.0. The SMILES string of the molecule is COc1cc(C(=O)NC2CCN(C)CC2)ccc1Nc1ncc(C(F)(F)F)c(N[C@@H]2CCCC[C@H]2N=[S-](C)=O)n1. The maximum absolute atomic E-state index is 13.8. The highest BCUT2D eigenvalue weighted by molar-refractivity contribution is 7.74. The molecule has 3 N–H and O–H groups in total. The molecule has 1 aliphatic carbocycles. The average Bonchev–Trinajstić information content (AvgIpc) is 2.90. The van der Waals surface area contributed by atoms with Gasteiger partial charge in [0.2, 0.25) is 5.95 Å². The van der Waals surface area contributed by atoms with E-state index >= 15 is 0 Å². The monoisotopic (exact) mass is 582 g/mol. The van der Waals surface area contributed by atoms with Crippen LogP contribution in [0.4, 0.5) is 30.6 Å². The quantitative estimate of drug-likeness (QED) is 0.387. The predicted molar refractivity (Wildman–Crippen MR) is 147 cm³/mol. The van der Waals surface area contributed by atoms with Crippen molar-refractivity contribution in [2.45, 2.75) is 62.8 Å². The van der Waals surface area contributed by atoms with E-state index in [0.29, 0.717) is 29.8 Å². The lowest BCUT2D eigenvalue weighted by molar-refractivity contribution is -0.137. The zero-order valence-electron chi connectivity index (χ0n) is 22.8. The molecule has 2 atom stereocenters. The minimum absolute atomic E-state index is 0.0827. The summed E-state index contributed by atoms with van der Waals surface area (Å²) in [6.45, 7) is 1.82. The van der Waals surface area contributed by atoms with Crippen LogP contribution in [0.1, 0.15) is 54.4 Å². The van der Waals surface area contributed by atoms with Crippen LogP contribution in [-0.2, 0) is 21.0 Å². The molecule has 10 nitrogen and oxygen atoms in total. The van der Waals surface area contributed by atoms with Crippen molar-refractivity contribution >= 4 is 34.0 Å². The predicted octanol–water partition coefficient (Wildman–Crippen LogP) is 4.57. The molecule has 1 aromatic carbocycles. The van der Waals surface area contributed by atoms with Gasteiger partial charge in [0.15, 0.2) is 0 Å². The minimum atomic E-state index is -4.68. The Labute approximate surface area is 233 Å². The number of aromatic nitrogens is 2. The number of hydrogen-bond acceptors (Lipinski definition) is 10. The fourth-order valence-corrected chi connectivity index (χ4v) is 5.64. The third-order valence-electron chi connectivity index (χ3n) is 7.19. The Balaban J connectivity index is 1.54. The summed E-state index contributed by atoms with van der Waals surface area (Å²) in [5.41, 5.74) is -0.221. The number of methoxy groups -OCH3 is 1. The first-order valence-corrected chi connectivity index (χ1v) is 14.7. The van der Waals surface area contributed by atoms with Gasteiger partial charge in [0.05, 0.1) is 12.8 Å². The summed E-state index contributed by atoms with van der Waals surface area (Å²) in [7, 11) is 2.05. The van der Waals surface area contributed by atoms with E-state index in [1.165, 1.54) is 13.4 Å². The first kappa shape index (κ1) is 29.8. The average molecular weight is 583 g/mol. The number of benzene rings is 1. The molecule has 4 rings (SSSR count). The zero-order valence-corrected chi connectivity index (χ0v) is 23.6. The Morgan fingerprint density at radius 1 is 1.18 bits per heavy atom. The summed E-state index contributed by atoms with van der Waals surface area (Å²) in [5, 5.41) is 8.87. The number of hydrogen-bond donors (Lipinski definition) is 3. The van der Waals surface area contributed by atoms with Crippen molar-refractivity contribution in [3.8, 4) is 5.75 Å². The molecule has 14 heteroatoms. The molecule has 2 aromatic rings. The van der Waals surface area contributed by atoms with Gasteiger partial charge >= 0.3 is 6.18 Å².